The average molecular weight is 378 g/mol. The molecule has 0 aliphatic heterocycles. The number of benzene rings is 1. The quantitative estimate of drug-likeness (QED) is 0.423. The molecule has 1 unspecified atom stereocenters. The zero-order valence-electron chi connectivity index (χ0n) is 14.0. The fourth-order valence-corrected chi connectivity index (χ4v) is 2.01. The minimum absolute atomic E-state index is 0.0181. The van der Waals surface area contributed by atoms with E-state index in [0.717, 1.165) is 12.1 Å². The number of aliphatic hydroxyl groups excluding tert-OH is 2. The third kappa shape index (κ3) is 4.25. The molecule has 3 aromatic rings. The second-order valence-electron chi connectivity index (χ2n) is 5.51. The van der Waals surface area contributed by atoms with Gasteiger partial charge < -0.3 is 23.8 Å². The van der Waals surface area contributed by atoms with E-state index in [-0.39, 0.29) is 33.7 Å². The van der Waals surface area contributed by atoms with Crippen LogP contribution < -0.4 is 22.5 Å². The molecular formula is C17H14O10. The number of ether oxygens (including phenoxy) is 1. The van der Waals surface area contributed by atoms with Crippen molar-refractivity contribution < 1.29 is 28.6 Å². The van der Waals surface area contributed by atoms with Crippen LogP contribution in [0.4, 0.5) is 0 Å². The first-order chi connectivity index (χ1) is 12.6. The van der Waals surface area contributed by atoms with Crippen LogP contribution in [0.25, 0.3) is 21.5 Å². The summed E-state index contributed by atoms with van der Waals surface area (Å²) in [6, 6.07) is 2.29. The van der Waals surface area contributed by atoms with Gasteiger partial charge in [-0.25, -0.2) is 24.0 Å². The van der Waals surface area contributed by atoms with Gasteiger partial charge in [0, 0.05) is 5.57 Å². The van der Waals surface area contributed by atoms with Gasteiger partial charge in [0.1, 0.15) is 12.7 Å². The Kier molecular flexibility index (Phi) is 5.83. The summed E-state index contributed by atoms with van der Waals surface area (Å²) in [5.74, 6) is -0.558. The van der Waals surface area contributed by atoms with Crippen LogP contribution in [-0.2, 0) is 9.53 Å². The van der Waals surface area contributed by atoms with E-state index in [9.17, 15) is 24.0 Å². The number of hydrogen-bond acceptors (Lipinski definition) is 10. The lowest BCUT2D eigenvalue weighted by Crippen LogP contribution is -2.22. The Hall–Kier alpha value is -3.37. The summed E-state index contributed by atoms with van der Waals surface area (Å²) in [6.07, 6.45) is -1.00. The van der Waals surface area contributed by atoms with E-state index in [2.05, 4.69) is 20.2 Å². The molecule has 10 heteroatoms. The molecule has 0 radical (unpaired) electrons. The highest BCUT2D eigenvalue weighted by molar-refractivity contribution is 5.96. The molecule has 10 nitrogen and oxygen atoms in total. The fraction of sp³-hybridized carbons (Fsp3) is 0.235. The van der Waals surface area contributed by atoms with Gasteiger partial charge in [0.2, 0.25) is 0 Å². The smallest absolute Gasteiger partial charge is 0.346 e. The van der Waals surface area contributed by atoms with Gasteiger partial charge >= 0.3 is 28.5 Å². The van der Waals surface area contributed by atoms with Crippen LogP contribution >= 0.6 is 0 Å². The van der Waals surface area contributed by atoms with Crippen molar-refractivity contribution in [3.63, 3.8) is 0 Å². The van der Waals surface area contributed by atoms with Gasteiger partial charge in [0.15, 0.2) is 0 Å². The molecule has 2 heterocycles. The maximum absolute atomic E-state index is 11.2. The Morgan fingerprint density at radius 2 is 1.37 bits per heavy atom. The maximum atomic E-state index is 11.2. The molecule has 0 amide bonds. The number of carbonyl (C=O) groups excluding carboxylic acids is 1. The van der Waals surface area contributed by atoms with Gasteiger partial charge in [-0.05, 0) is 19.1 Å². The first kappa shape index (κ1) is 19.9. The number of furan rings is 2. The Morgan fingerprint density at radius 1 is 1.00 bits per heavy atom. The molecule has 142 valence electrons. The van der Waals surface area contributed by atoms with Crippen LogP contribution in [0.15, 0.2) is 52.3 Å². The van der Waals surface area contributed by atoms with Crippen molar-refractivity contribution in [2.24, 2.45) is 0 Å². The summed E-state index contributed by atoms with van der Waals surface area (Å²) in [6.45, 7) is 4.24. The second-order valence-corrected chi connectivity index (χ2v) is 5.51. The molecule has 0 bridgehead atoms. The Balaban J connectivity index is 0.000000211. The van der Waals surface area contributed by atoms with Crippen LogP contribution in [0, 0.1) is 0 Å². The van der Waals surface area contributed by atoms with Crippen LogP contribution in [0.2, 0.25) is 0 Å². The van der Waals surface area contributed by atoms with Crippen LogP contribution in [0.1, 0.15) is 6.92 Å². The molecular weight excluding hydrogens is 364 g/mol. The largest absolute Gasteiger partial charge is 0.460 e. The van der Waals surface area contributed by atoms with E-state index in [1.54, 1.807) is 0 Å². The lowest BCUT2D eigenvalue weighted by atomic mass is 10.1. The Labute approximate surface area is 149 Å². The van der Waals surface area contributed by atoms with E-state index < -0.39 is 41.2 Å². The Bertz CT molecular complexity index is 1060. The maximum Gasteiger partial charge on any atom is 0.346 e. The number of esters is 1. The molecule has 27 heavy (non-hydrogen) atoms. The molecule has 2 aromatic heterocycles. The molecule has 0 spiro atoms. The molecule has 0 aliphatic rings. The fourth-order valence-electron chi connectivity index (χ4n) is 2.01. The minimum Gasteiger partial charge on any atom is -0.460 e. The van der Waals surface area contributed by atoms with E-state index in [1.165, 1.54) is 6.92 Å². The summed E-state index contributed by atoms with van der Waals surface area (Å²) < 4.78 is 13.2. The van der Waals surface area contributed by atoms with Gasteiger partial charge in [-0.2, -0.15) is 0 Å². The van der Waals surface area contributed by atoms with Gasteiger partial charge in [-0.15, -0.1) is 0 Å². The van der Waals surface area contributed by atoms with Gasteiger partial charge in [0.25, 0.3) is 0 Å². The molecule has 0 fully saturated rings. The minimum atomic E-state index is -1.00. The van der Waals surface area contributed by atoms with Crippen LogP contribution in [0.5, 0.6) is 0 Å². The summed E-state index contributed by atoms with van der Waals surface area (Å²) in [5.41, 5.74) is -3.02. The molecule has 1 aromatic carbocycles. The van der Waals surface area contributed by atoms with Crippen molar-refractivity contribution in [1.29, 1.82) is 0 Å². The molecule has 0 saturated carbocycles. The summed E-state index contributed by atoms with van der Waals surface area (Å²) >= 11 is 0. The normalized spacial score (nSPS) is 11.8. The zero-order chi connectivity index (χ0) is 20.3. The van der Waals surface area contributed by atoms with E-state index >= 15 is 0 Å². The van der Waals surface area contributed by atoms with Gasteiger partial charge in [-0.1, -0.05) is 6.58 Å². The molecule has 2 N–H and O–H groups in total. The average Bonchev–Trinajstić information content (AvgIpc) is 3.07. The van der Waals surface area contributed by atoms with Crippen molar-refractivity contribution in [1.82, 2.24) is 0 Å². The first-order valence-electron chi connectivity index (χ1n) is 7.48. The SMILES string of the molecule is C=C(C)C(=O)OCC(O)CO.O=c1oc(=O)c2cc3c(=O)oc(=O)c3cc12. The van der Waals surface area contributed by atoms with Gasteiger partial charge in [0.05, 0.1) is 28.2 Å². The van der Waals surface area contributed by atoms with E-state index in [4.69, 9.17) is 10.2 Å². The van der Waals surface area contributed by atoms with Crippen LogP contribution in [-0.4, -0.2) is 35.5 Å². The third-order valence-corrected chi connectivity index (χ3v) is 3.37. The number of carbonyl (C=O) groups is 1. The number of rotatable bonds is 4. The Morgan fingerprint density at radius 3 is 1.67 bits per heavy atom. The number of hydrogen-bond donors (Lipinski definition) is 2. The molecule has 1 atom stereocenters. The monoisotopic (exact) mass is 378 g/mol. The van der Waals surface area contributed by atoms with Gasteiger partial charge in [-0.3, -0.25) is 0 Å². The highest BCUT2D eigenvalue weighted by atomic mass is 16.5. The molecule has 0 aliphatic carbocycles. The summed E-state index contributed by atoms with van der Waals surface area (Å²) in [7, 11) is 0. The van der Waals surface area contributed by atoms with Crippen molar-refractivity contribution in [3.05, 3.63) is 66.0 Å². The zero-order valence-corrected chi connectivity index (χ0v) is 14.0. The van der Waals surface area contributed by atoms with Crippen molar-refractivity contribution >= 4 is 27.5 Å². The van der Waals surface area contributed by atoms with E-state index in [0.29, 0.717) is 0 Å². The summed E-state index contributed by atoms with van der Waals surface area (Å²) in [4.78, 5) is 55.4. The molecule has 0 saturated heterocycles. The predicted molar refractivity (Wildman–Crippen MR) is 92.3 cm³/mol. The second kappa shape index (κ2) is 7.89. The lowest BCUT2D eigenvalue weighted by molar-refractivity contribution is -0.142. The van der Waals surface area contributed by atoms with Crippen LogP contribution in [0.3, 0.4) is 0 Å². The third-order valence-electron chi connectivity index (χ3n) is 3.37. The van der Waals surface area contributed by atoms with Crippen molar-refractivity contribution in [3.8, 4) is 0 Å². The van der Waals surface area contributed by atoms with E-state index in [1.807, 2.05) is 0 Å². The topological polar surface area (TPSA) is 161 Å². The number of aliphatic hydroxyl groups is 2. The highest BCUT2D eigenvalue weighted by Gasteiger charge is 2.15. The molecule has 3 rings (SSSR count). The first-order valence-corrected chi connectivity index (χ1v) is 7.48. The highest BCUT2D eigenvalue weighted by Crippen LogP contribution is 2.13. The summed E-state index contributed by atoms with van der Waals surface area (Å²) in [5, 5.41) is 17.0. The van der Waals surface area contributed by atoms with Crippen molar-refractivity contribution in [2.75, 3.05) is 13.2 Å². The van der Waals surface area contributed by atoms with Crippen molar-refractivity contribution in [2.45, 2.75) is 13.0 Å². The number of fused-ring (bicyclic) bond motifs is 2. The predicted octanol–water partition coefficient (Wildman–Crippen LogP) is -1.05. The lowest BCUT2D eigenvalue weighted by Gasteiger charge is -2.07. The standard InChI is InChI=1S/C10H2O6.C7H12O4/c11-7-3-1-4-6(10(14)16-8(4)12)2-5(3)9(13)15-7;1-5(2)7(10)11-4-6(9)3-8/h1-2H;6,8-9H,1,3-4H2,2H3.